The van der Waals surface area contributed by atoms with Gasteiger partial charge in [-0.15, -0.1) is 0 Å². The third-order valence-corrected chi connectivity index (χ3v) is 4.85. The van der Waals surface area contributed by atoms with Crippen molar-refractivity contribution in [3.63, 3.8) is 0 Å². The minimum Gasteiger partial charge on any atom is -0.436 e. The zero-order valence-electron chi connectivity index (χ0n) is 14.3. The van der Waals surface area contributed by atoms with E-state index < -0.39 is 0 Å². The predicted octanol–water partition coefficient (Wildman–Crippen LogP) is 6.36. The summed E-state index contributed by atoms with van der Waals surface area (Å²) in [7, 11) is 0. The van der Waals surface area contributed by atoms with Gasteiger partial charge in [-0.3, -0.25) is 4.79 Å². The average Bonchev–Trinajstić information content (AvgIpc) is 3.07. The molecule has 1 N–H and O–H groups in total. The van der Waals surface area contributed by atoms with Gasteiger partial charge in [-0.05, 0) is 67.1 Å². The smallest absolute Gasteiger partial charge is 0.255 e. The Kier molecular flexibility index (Phi) is 4.60. The van der Waals surface area contributed by atoms with Crippen LogP contribution in [0.3, 0.4) is 0 Å². The molecule has 0 fully saturated rings. The minimum atomic E-state index is -0.265. The molecule has 4 nitrogen and oxygen atoms in total. The molecule has 0 saturated carbocycles. The highest BCUT2D eigenvalue weighted by molar-refractivity contribution is 6.42. The summed E-state index contributed by atoms with van der Waals surface area (Å²) in [5.74, 6) is 0.275. The molecule has 27 heavy (non-hydrogen) atoms. The number of aromatic nitrogens is 1. The summed E-state index contributed by atoms with van der Waals surface area (Å²) in [5.41, 5.74) is 4.61. The molecular formula is C21H14Cl2N2O2. The van der Waals surface area contributed by atoms with Crippen LogP contribution < -0.4 is 5.32 Å². The predicted molar refractivity (Wildman–Crippen MR) is 109 cm³/mol. The number of benzene rings is 3. The van der Waals surface area contributed by atoms with E-state index in [0.29, 0.717) is 27.2 Å². The van der Waals surface area contributed by atoms with E-state index in [4.69, 9.17) is 27.6 Å². The number of rotatable bonds is 3. The number of hydrogen-bond donors (Lipinski definition) is 1. The molecule has 4 rings (SSSR count). The lowest BCUT2D eigenvalue weighted by molar-refractivity contribution is 0.102. The number of halogens is 2. The maximum atomic E-state index is 12.3. The maximum Gasteiger partial charge on any atom is 0.255 e. The fourth-order valence-electron chi connectivity index (χ4n) is 2.70. The van der Waals surface area contributed by atoms with Gasteiger partial charge in [-0.1, -0.05) is 29.3 Å². The Hall–Kier alpha value is -2.82. The van der Waals surface area contributed by atoms with Crippen molar-refractivity contribution in [1.29, 1.82) is 0 Å². The highest BCUT2D eigenvalue weighted by atomic mass is 35.5. The lowest BCUT2D eigenvalue weighted by Gasteiger charge is -2.06. The average molecular weight is 397 g/mol. The number of anilines is 1. The van der Waals surface area contributed by atoms with Crippen molar-refractivity contribution in [2.75, 3.05) is 5.32 Å². The number of nitrogens with one attached hydrogen (secondary N) is 1. The van der Waals surface area contributed by atoms with Gasteiger partial charge in [0, 0.05) is 16.8 Å². The van der Waals surface area contributed by atoms with E-state index in [-0.39, 0.29) is 5.91 Å². The van der Waals surface area contributed by atoms with E-state index in [1.807, 2.05) is 37.3 Å². The van der Waals surface area contributed by atoms with Crippen LogP contribution >= 0.6 is 23.2 Å². The van der Waals surface area contributed by atoms with Gasteiger partial charge in [-0.25, -0.2) is 4.98 Å². The first-order valence-corrected chi connectivity index (χ1v) is 8.99. The van der Waals surface area contributed by atoms with Crippen LogP contribution in [0, 0.1) is 6.92 Å². The first-order chi connectivity index (χ1) is 13.0. The molecule has 0 aliphatic carbocycles. The zero-order chi connectivity index (χ0) is 19.0. The second kappa shape index (κ2) is 7.06. The number of carbonyl (C=O) groups excluding carboxylic acids is 1. The topological polar surface area (TPSA) is 55.1 Å². The molecule has 3 aromatic carbocycles. The summed E-state index contributed by atoms with van der Waals surface area (Å²) >= 11 is 11.8. The highest BCUT2D eigenvalue weighted by Gasteiger charge is 2.11. The second-order valence-corrected chi connectivity index (χ2v) is 6.96. The summed E-state index contributed by atoms with van der Waals surface area (Å²) in [6.07, 6.45) is 0. The quantitative estimate of drug-likeness (QED) is 0.438. The summed E-state index contributed by atoms with van der Waals surface area (Å²) in [4.78, 5) is 16.9. The molecular weight excluding hydrogens is 383 g/mol. The number of aryl methyl sites for hydroxylation is 1. The monoisotopic (exact) mass is 396 g/mol. The first-order valence-electron chi connectivity index (χ1n) is 8.23. The van der Waals surface area contributed by atoms with Crippen LogP contribution in [0.2, 0.25) is 10.0 Å². The number of amides is 1. The van der Waals surface area contributed by atoms with Crippen molar-refractivity contribution in [2.24, 2.45) is 0 Å². The van der Waals surface area contributed by atoms with Crippen LogP contribution in [0.4, 0.5) is 5.69 Å². The molecule has 0 aliphatic heterocycles. The standard InChI is InChI=1S/C21H14Cl2N2O2/c1-12-2-9-19-18(10-12)25-21(27-19)13-3-6-15(7-4-13)24-20(26)14-5-8-16(22)17(23)11-14/h2-11H,1H3,(H,24,26). The van der Waals surface area contributed by atoms with Gasteiger partial charge in [0.15, 0.2) is 5.58 Å². The van der Waals surface area contributed by atoms with E-state index in [1.165, 1.54) is 6.07 Å². The van der Waals surface area contributed by atoms with Crippen LogP contribution in [0.15, 0.2) is 65.1 Å². The van der Waals surface area contributed by atoms with Crippen molar-refractivity contribution >= 4 is 45.9 Å². The van der Waals surface area contributed by atoms with E-state index in [9.17, 15) is 4.79 Å². The number of nitrogens with zero attached hydrogens (tertiary/aromatic N) is 1. The van der Waals surface area contributed by atoms with E-state index >= 15 is 0 Å². The van der Waals surface area contributed by atoms with Gasteiger partial charge in [0.1, 0.15) is 5.52 Å². The van der Waals surface area contributed by atoms with Gasteiger partial charge >= 0.3 is 0 Å². The molecule has 1 heterocycles. The molecule has 134 valence electrons. The van der Waals surface area contributed by atoms with Crippen LogP contribution in [-0.4, -0.2) is 10.9 Å². The molecule has 0 spiro atoms. The molecule has 0 bridgehead atoms. The minimum absolute atomic E-state index is 0.265. The largest absolute Gasteiger partial charge is 0.436 e. The van der Waals surface area contributed by atoms with Crippen LogP contribution in [-0.2, 0) is 0 Å². The number of fused-ring (bicyclic) bond motifs is 1. The normalized spacial score (nSPS) is 10.9. The van der Waals surface area contributed by atoms with Crippen molar-refractivity contribution in [1.82, 2.24) is 4.98 Å². The van der Waals surface area contributed by atoms with Crippen molar-refractivity contribution < 1.29 is 9.21 Å². The number of hydrogen-bond acceptors (Lipinski definition) is 3. The lowest BCUT2D eigenvalue weighted by atomic mass is 10.2. The van der Waals surface area contributed by atoms with E-state index in [2.05, 4.69) is 10.3 Å². The van der Waals surface area contributed by atoms with Gasteiger partial charge in [0.25, 0.3) is 5.91 Å². The third kappa shape index (κ3) is 3.68. The molecule has 0 unspecified atom stereocenters. The second-order valence-electron chi connectivity index (χ2n) is 6.15. The number of oxazole rings is 1. The molecule has 1 aromatic heterocycles. The Labute approximate surface area is 165 Å². The van der Waals surface area contributed by atoms with E-state index in [1.54, 1.807) is 24.3 Å². The molecule has 1 amide bonds. The Morgan fingerprint density at radius 1 is 0.963 bits per heavy atom. The Morgan fingerprint density at radius 2 is 1.74 bits per heavy atom. The van der Waals surface area contributed by atoms with Crippen molar-refractivity contribution in [3.8, 4) is 11.5 Å². The summed E-state index contributed by atoms with van der Waals surface area (Å²) in [6, 6.07) is 17.9. The lowest BCUT2D eigenvalue weighted by Crippen LogP contribution is -2.11. The summed E-state index contributed by atoms with van der Waals surface area (Å²) in [5, 5.41) is 3.57. The molecule has 0 aliphatic rings. The SMILES string of the molecule is Cc1ccc2oc(-c3ccc(NC(=O)c4ccc(Cl)c(Cl)c4)cc3)nc2c1. The molecule has 0 saturated heterocycles. The fraction of sp³-hybridized carbons (Fsp3) is 0.0476. The fourth-order valence-corrected chi connectivity index (χ4v) is 3.00. The van der Waals surface area contributed by atoms with Gasteiger partial charge in [-0.2, -0.15) is 0 Å². The Bertz CT molecular complexity index is 1150. The maximum absolute atomic E-state index is 12.3. The van der Waals surface area contributed by atoms with E-state index in [0.717, 1.165) is 22.2 Å². The number of carbonyl (C=O) groups is 1. The van der Waals surface area contributed by atoms with Gasteiger partial charge in [0.05, 0.1) is 10.0 Å². The van der Waals surface area contributed by atoms with Crippen LogP contribution in [0.5, 0.6) is 0 Å². The Balaban J connectivity index is 1.54. The van der Waals surface area contributed by atoms with Crippen molar-refractivity contribution in [3.05, 3.63) is 81.8 Å². The third-order valence-electron chi connectivity index (χ3n) is 4.11. The van der Waals surface area contributed by atoms with Crippen LogP contribution in [0.1, 0.15) is 15.9 Å². The zero-order valence-corrected chi connectivity index (χ0v) is 15.8. The summed E-state index contributed by atoms with van der Waals surface area (Å²) in [6.45, 7) is 2.01. The molecule has 4 aromatic rings. The van der Waals surface area contributed by atoms with Gasteiger partial charge < -0.3 is 9.73 Å². The first kappa shape index (κ1) is 17.6. The van der Waals surface area contributed by atoms with Crippen molar-refractivity contribution in [2.45, 2.75) is 6.92 Å². The van der Waals surface area contributed by atoms with Gasteiger partial charge in [0.2, 0.25) is 5.89 Å². The Morgan fingerprint density at radius 3 is 2.48 bits per heavy atom. The molecule has 0 atom stereocenters. The summed E-state index contributed by atoms with van der Waals surface area (Å²) < 4.78 is 5.80. The van der Waals surface area contributed by atoms with Crippen LogP contribution in [0.25, 0.3) is 22.6 Å². The highest BCUT2D eigenvalue weighted by Crippen LogP contribution is 2.27. The molecule has 6 heteroatoms. The molecule has 0 radical (unpaired) electrons.